The molecular formula is C15H14Cl2N2S. The normalized spacial score (nSPS) is 14.6. The first kappa shape index (κ1) is 13.9. The predicted octanol–water partition coefficient (Wildman–Crippen LogP) is 5.66. The molecule has 3 aromatic rings. The second-order valence-electron chi connectivity index (χ2n) is 4.80. The van der Waals surface area contributed by atoms with Crippen molar-refractivity contribution in [3.63, 3.8) is 0 Å². The third kappa shape index (κ3) is 2.24. The zero-order chi connectivity index (χ0) is 14.3. The molecule has 2 heterocycles. The number of hydrogen-bond donors (Lipinski definition) is 0. The Morgan fingerprint density at radius 2 is 2.05 bits per heavy atom. The third-order valence-corrected chi connectivity index (χ3v) is 4.66. The molecular weight excluding hydrogens is 311 g/mol. The van der Waals surface area contributed by atoms with Crippen LogP contribution >= 0.6 is 34.5 Å². The van der Waals surface area contributed by atoms with Crippen LogP contribution < -0.4 is 0 Å². The zero-order valence-corrected chi connectivity index (χ0v) is 13.5. The number of nitrogens with zero attached hydrogens (tertiary/aromatic N) is 2. The van der Waals surface area contributed by atoms with E-state index in [-0.39, 0.29) is 11.4 Å². The van der Waals surface area contributed by atoms with Crippen LogP contribution in [0.1, 0.15) is 36.7 Å². The zero-order valence-electron chi connectivity index (χ0n) is 11.2. The van der Waals surface area contributed by atoms with Crippen molar-refractivity contribution in [3.05, 3.63) is 51.4 Å². The Labute approximate surface area is 132 Å². The average molecular weight is 325 g/mol. The second kappa shape index (κ2) is 5.40. The van der Waals surface area contributed by atoms with Crippen molar-refractivity contribution in [3.8, 4) is 0 Å². The summed E-state index contributed by atoms with van der Waals surface area (Å²) < 4.78 is 2.15. The third-order valence-electron chi connectivity index (χ3n) is 3.46. The van der Waals surface area contributed by atoms with Gasteiger partial charge >= 0.3 is 0 Å². The molecule has 0 bridgehead atoms. The Morgan fingerprint density at radius 3 is 2.70 bits per heavy atom. The van der Waals surface area contributed by atoms with Crippen molar-refractivity contribution in [2.75, 3.05) is 0 Å². The van der Waals surface area contributed by atoms with Crippen LogP contribution in [0.2, 0.25) is 5.02 Å². The summed E-state index contributed by atoms with van der Waals surface area (Å²) in [4.78, 5) is 4.65. The molecule has 104 valence electrons. The summed E-state index contributed by atoms with van der Waals surface area (Å²) in [5.41, 5.74) is 3.09. The number of aromatic nitrogens is 2. The van der Waals surface area contributed by atoms with Gasteiger partial charge in [-0.25, -0.2) is 4.98 Å². The molecule has 0 saturated carbocycles. The molecule has 0 amide bonds. The number of alkyl halides is 1. The molecule has 0 radical (unpaired) electrons. The lowest BCUT2D eigenvalue weighted by atomic mass is 10.1. The van der Waals surface area contributed by atoms with Gasteiger partial charge in [0.25, 0.3) is 0 Å². The monoisotopic (exact) mass is 324 g/mol. The van der Waals surface area contributed by atoms with E-state index in [1.54, 1.807) is 11.3 Å². The van der Waals surface area contributed by atoms with Crippen LogP contribution in [0.4, 0.5) is 0 Å². The molecule has 0 aliphatic carbocycles. The van der Waals surface area contributed by atoms with E-state index in [0.29, 0.717) is 5.02 Å². The van der Waals surface area contributed by atoms with Gasteiger partial charge in [0, 0.05) is 0 Å². The summed E-state index contributed by atoms with van der Waals surface area (Å²) in [6.45, 7) is 4.09. The number of hydrogen-bond acceptors (Lipinski definition) is 2. The number of benzene rings is 1. The first-order chi connectivity index (χ1) is 9.59. The summed E-state index contributed by atoms with van der Waals surface area (Å²) in [6, 6.07) is 8.06. The quantitative estimate of drug-likeness (QED) is 0.568. The van der Waals surface area contributed by atoms with Gasteiger partial charge < -0.3 is 4.57 Å². The fraction of sp³-hybridized carbons (Fsp3) is 0.267. The van der Waals surface area contributed by atoms with Crippen LogP contribution in [-0.4, -0.2) is 9.55 Å². The first-order valence-electron chi connectivity index (χ1n) is 6.42. The minimum absolute atomic E-state index is 0.155. The Balaban J connectivity index is 2.29. The van der Waals surface area contributed by atoms with Gasteiger partial charge in [-0.05, 0) is 48.4 Å². The van der Waals surface area contributed by atoms with Gasteiger partial charge in [0.05, 0.1) is 27.5 Å². The lowest BCUT2D eigenvalue weighted by molar-refractivity contribution is 0.620. The predicted molar refractivity (Wildman–Crippen MR) is 87.1 cm³/mol. The molecule has 2 nitrogen and oxygen atoms in total. The summed E-state index contributed by atoms with van der Waals surface area (Å²) >= 11 is 14.4. The fourth-order valence-corrected chi connectivity index (χ4v) is 3.62. The van der Waals surface area contributed by atoms with Gasteiger partial charge in [0.1, 0.15) is 5.82 Å². The highest BCUT2D eigenvalue weighted by molar-refractivity contribution is 7.07. The van der Waals surface area contributed by atoms with Crippen LogP contribution in [0.25, 0.3) is 11.0 Å². The Hall–Kier alpha value is -1.03. The maximum atomic E-state index is 6.38. The molecule has 2 atom stereocenters. The van der Waals surface area contributed by atoms with Crippen LogP contribution in [0, 0.1) is 0 Å². The molecule has 20 heavy (non-hydrogen) atoms. The summed E-state index contributed by atoms with van der Waals surface area (Å²) in [5.74, 6) is 0.855. The van der Waals surface area contributed by atoms with Crippen molar-refractivity contribution >= 4 is 45.6 Å². The minimum atomic E-state index is -0.167. The smallest absolute Gasteiger partial charge is 0.128 e. The van der Waals surface area contributed by atoms with Gasteiger partial charge in [-0.3, -0.25) is 0 Å². The highest BCUT2D eigenvalue weighted by Gasteiger charge is 2.21. The fourth-order valence-electron chi connectivity index (χ4n) is 2.46. The van der Waals surface area contributed by atoms with Crippen LogP contribution in [-0.2, 0) is 0 Å². The van der Waals surface area contributed by atoms with Gasteiger partial charge in [-0.2, -0.15) is 11.3 Å². The molecule has 0 saturated heterocycles. The number of halogens is 2. The largest absolute Gasteiger partial charge is 0.318 e. The van der Waals surface area contributed by atoms with Gasteiger partial charge in [-0.15, -0.1) is 11.6 Å². The van der Waals surface area contributed by atoms with Crippen LogP contribution in [0.15, 0.2) is 35.0 Å². The Kier molecular flexibility index (Phi) is 3.76. The molecule has 2 unspecified atom stereocenters. The van der Waals surface area contributed by atoms with Crippen LogP contribution in [0.3, 0.4) is 0 Å². The Bertz CT molecular complexity index is 732. The van der Waals surface area contributed by atoms with Gasteiger partial charge in [-0.1, -0.05) is 17.7 Å². The van der Waals surface area contributed by atoms with E-state index in [4.69, 9.17) is 23.2 Å². The van der Waals surface area contributed by atoms with E-state index >= 15 is 0 Å². The molecule has 5 heteroatoms. The average Bonchev–Trinajstić information content (AvgIpc) is 3.06. The van der Waals surface area contributed by atoms with Crippen molar-refractivity contribution in [2.45, 2.75) is 25.3 Å². The van der Waals surface area contributed by atoms with E-state index in [9.17, 15) is 0 Å². The lowest BCUT2D eigenvalue weighted by Crippen LogP contribution is -2.10. The molecule has 0 fully saturated rings. The van der Waals surface area contributed by atoms with E-state index in [0.717, 1.165) is 16.9 Å². The van der Waals surface area contributed by atoms with E-state index in [1.807, 2.05) is 25.1 Å². The Morgan fingerprint density at radius 1 is 1.25 bits per heavy atom. The number of para-hydroxylation sites is 1. The van der Waals surface area contributed by atoms with Crippen molar-refractivity contribution < 1.29 is 0 Å². The maximum Gasteiger partial charge on any atom is 0.128 e. The molecule has 0 N–H and O–H groups in total. The highest BCUT2D eigenvalue weighted by Crippen LogP contribution is 2.34. The standard InChI is InChI=1S/C15H14Cl2N2S/c1-9(16)15-18-13-5-3-4-12(17)14(13)19(15)10(2)11-6-7-20-8-11/h3-10H,1-2H3. The van der Waals surface area contributed by atoms with E-state index in [1.165, 1.54) is 5.56 Å². The van der Waals surface area contributed by atoms with E-state index in [2.05, 4.69) is 33.3 Å². The SMILES string of the molecule is CC(Cl)c1nc2cccc(Cl)c2n1C(C)c1ccsc1. The summed E-state index contributed by atoms with van der Waals surface area (Å²) in [7, 11) is 0. The van der Waals surface area contributed by atoms with Crippen molar-refractivity contribution in [2.24, 2.45) is 0 Å². The molecule has 0 aliphatic heterocycles. The maximum absolute atomic E-state index is 6.38. The van der Waals surface area contributed by atoms with Crippen LogP contribution in [0.5, 0.6) is 0 Å². The number of fused-ring (bicyclic) bond motifs is 1. The number of rotatable bonds is 3. The molecule has 0 spiro atoms. The molecule has 3 rings (SSSR count). The van der Waals surface area contributed by atoms with Crippen molar-refractivity contribution in [1.82, 2.24) is 9.55 Å². The second-order valence-corrected chi connectivity index (χ2v) is 6.64. The highest BCUT2D eigenvalue weighted by atomic mass is 35.5. The summed E-state index contributed by atoms with van der Waals surface area (Å²) in [6.07, 6.45) is 0. The topological polar surface area (TPSA) is 17.8 Å². The molecule has 2 aromatic heterocycles. The lowest BCUT2D eigenvalue weighted by Gasteiger charge is -2.18. The minimum Gasteiger partial charge on any atom is -0.318 e. The first-order valence-corrected chi connectivity index (χ1v) is 8.18. The van der Waals surface area contributed by atoms with E-state index < -0.39 is 0 Å². The van der Waals surface area contributed by atoms with Gasteiger partial charge in [0.15, 0.2) is 0 Å². The van der Waals surface area contributed by atoms with Crippen molar-refractivity contribution in [1.29, 1.82) is 0 Å². The van der Waals surface area contributed by atoms with Gasteiger partial charge in [0.2, 0.25) is 0 Å². The number of imidazole rings is 1. The molecule has 0 aliphatic rings. The number of thiophene rings is 1. The molecule has 1 aromatic carbocycles. The summed E-state index contributed by atoms with van der Waals surface area (Å²) in [5, 5.41) is 4.77.